The van der Waals surface area contributed by atoms with Gasteiger partial charge < -0.3 is 19.1 Å². The Morgan fingerprint density at radius 3 is 2.24 bits per heavy atom. The first-order valence-electron chi connectivity index (χ1n) is 13.2. The molecule has 7 nitrogen and oxygen atoms in total. The van der Waals surface area contributed by atoms with Crippen LogP contribution in [0.15, 0.2) is 103 Å². The van der Waals surface area contributed by atoms with Crippen LogP contribution in [0.3, 0.4) is 0 Å². The molecule has 0 radical (unpaired) electrons. The number of carbonyl (C=O) groups excluding carboxylic acids is 3. The Balaban J connectivity index is 1.56. The molecule has 0 unspecified atom stereocenters. The third-order valence-corrected chi connectivity index (χ3v) is 8.25. The van der Waals surface area contributed by atoms with E-state index in [0.29, 0.717) is 16.8 Å². The van der Waals surface area contributed by atoms with E-state index < -0.39 is 29.6 Å². The second kappa shape index (κ2) is 9.01. The molecule has 0 fully saturated rings. The van der Waals surface area contributed by atoms with E-state index in [1.807, 2.05) is 30.3 Å². The van der Waals surface area contributed by atoms with Crippen molar-refractivity contribution in [1.29, 1.82) is 0 Å². The minimum absolute atomic E-state index is 0.0574. The van der Waals surface area contributed by atoms with Gasteiger partial charge in [-0.05, 0) is 43.9 Å². The second-order valence-electron chi connectivity index (χ2n) is 10.2. The van der Waals surface area contributed by atoms with Crippen molar-refractivity contribution in [2.75, 3.05) is 25.7 Å². The van der Waals surface area contributed by atoms with E-state index in [2.05, 4.69) is 30.8 Å². The van der Waals surface area contributed by atoms with Gasteiger partial charge in [-0.15, -0.1) is 6.58 Å². The van der Waals surface area contributed by atoms with Gasteiger partial charge in [0.2, 0.25) is 5.60 Å². The number of benzene rings is 5. The van der Waals surface area contributed by atoms with E-state index in [9.17, 15) is 14.4 Å². The SMILES string of the molecule is C=CCN1C(=O)[C@@]2(O[C@@H](c3ccc4ccc5cccc6ccc3c4c56)C(C(=O)OC)=C2C(=O)OC)c2ccccc21. The van der Waals surface area contributed by atoms with E-state index in [4.69, 9.17) is 14.2 Å². The van der Waals surface area contributed by atoms with Crippen molar-refractivity contribution in [3.05, 3.63) is 114 Å². The first kappa shape index (κ1) is 25.0. The lowest BCUT2D eigenvalue weighted by atomic mass is 9.84. The number of rotatable bonds is 5. The molecule has 2 aliphatic rings. The first-order chi connectivity index (χ1) is 20.0. The van der Waals surface area contributed by atoms with Crippen LogP contribution >= 0.6 is 0 Å². The number of para-hydroxylation sites is 1. The molecular formula is C34H25NO6. The molecule has 7 rings (SSSR count). The summed E-state index contributed by atoms with van der Waals surface area (Å²) in [5.41, 5.74) is -0.482. The van der Waals surface area contributed by atoms with Crippen LogP contribution in [0, 0.1) is 0 Å². The number of nitrogens with zero attached hydrogens (tertiary/aromatic N) is 1. The van der Waals surface area contributed by atoms with Gasteiger partial charge in [0.05, 0.1) is 31.1 Å². The Kier molecular flexibility index (Phi) is 5.49. The fourth-order valence-corrected chi connectivity index (χ4v) is 6.58. The van der Waals surface area contributed by atoms with Gasteiger partial charge in [0.25, 0.3) is 5.91 Å². The number of fused-ring (bicyclic) bond motifs is 2. The van der Waals surface area contributed by atoms with E-state index in [1.165, 1.54) is 19.1 Å². The fraction of sp³-hybridized carbons (Fsp3) is 0.147. The second-order valence-corrected chi connectivity index (χ2v) is 10.2. The molecule has 0 N–H and O–H groups in total. The summed E-state index contributed by atoms with van der Waals surface area (Å²) < 4.78 is 17.2. The molecule has 0 saturated heterocycles. The standard InChI is InChI=1S/C34H25NO6/c1-4-18-35-25-11-6-5-10-24(25)34(33(35)38)29(32(37)40-3)28(31(36)39-2)30(41-34)23-17-15-21-13-12-19-8-7-9-20-14-16-22(23)27(21)26(19)20/h4-17,30H,1,18H2,2-3H3/t30-,34+/m0/s1. The summed E-state index contributed by atoms with van der Waals surface area (Å²) in [7, 11) is 2.46. The highest BCUT2D eigenvalue weighted by atomic mass is 16.6. The zero-order valence-electron chi connectivity index (χ0n) is 22.5. The van der Waals surface area contributed by atoms with Crippen molar-refractivity contribution >= 4 is 55.9 Å². The van der Waals surface area contributed by atoms with Crippen LogP contribution < -0.4 is 4.90 Å². The lowest BCUT2D eigenvalue weighted by Gasteiger charge is -2.27. The molecule has 2 aliphatic heterocycles. The molecule has 2 atom stereocenters. The number of ether oxygens (including phenoxy) is 3. The predicted octanol–water partition coefficient (Wildman–Crippen LogP) is 5.73. The molecule has 41 heavy (non-hydrogen) atoms. The van der Waals surface area contributed by atoms with Crippen LogP contribution in [0.25, 0.3) is 32.3 Å². The van der Waals surface area contributed by atoms with E-state index in [-0.39, 0.29) is 17.7 Å². The summed E-state index contributed by atoms with van der Waals surface area (Å²) in [5, 5.41) is 6.14. The third kappa shape index (κ3) is 3.21. The molecule has 5 aromatic rings. The summed E-state index contributed by atoms with van der Waals surface area (Å²) in [6.07, 6.45) is 0.505. The third-order valence-electron chi connectivity index (χ3n) is 8.25. The number of esters is 2. The van der Waals surface area contributed by atoms with Gasteiger partial charge in [0.1, 0.15) is 6.10 Å². The van der Waals surface area contributed by atoms with Crippen molar-refractivity contribution in [2.45, 2.75) is 11.7 Å². The summed E-state index contributed by atoms with van der Waals surface area (Å²) in [6, 6.07) is 25.3. The van der Waals surface area contributed by atoms with Gasteiger partial charge in [0, 0.05) is 12.1 Å². The molecule has 2 heterocycles. The summed E-state index contributed by atoms with van der Waals surface area (Å²) >= 11 is 0. The number of carbonyl (C=O) groups is 3. The van der Waals surface area contributed by atoms with Gasteiger partial charge in [-0.2, -0.15) is 0 Å². The van der Waals surface area contributed by atoms with Crippen LogP contribution in [-0.4, -0.2) is 38.6 Å². The van der Waals surface area contributed by atoms with Crippen molar-refractivity contribution in [3.8, 4) is 0 Å². The molecular weight excluding hydrogens is 518 g/mol. The topological polar surface area (TPSA) is 82.1 Å². The van der Waals surface area contributed by atoms with Crippen molar-refractivity contribution in [3.63, 3.8) is 0 Å². The van der Waals surface area contributed by atoms with Crippen LogP contribution in [0.2, 0.25) is 0 Å². The summed E-state index contributed by atoms with van der Waals surface area (Å²) in [4.78, 5) is 43.0. The predicted molar refractivity (Wildman–Crippen MR) is 156 cm³/mol. The highest BCUT2D eigenvalue weighted by Gasteiger charge is 2.64. The Hall–Kier alpha value is -5.01. The van der Waals surface area contributed by atoms with E-state index in [1.54, 1.807) is 30.3 Å². The number of hydrogen-bond acceptors (Lipinski definition) is 6. The maximum absolute atomic E-state index is 14.3. The lowest BCUT2D eigenvalue weighted by molar-refractivity contribution is -0.148. The molecule has 0 saturated carbocycles. The van der Waals surface area contributed by atoms with Gasteiger partial charge >= 0.3 is 11.9 Å². The molecule has 0 bridgehead atoms. The van der Waals surface area contributed by atoms with Crippen molar-refractivity contribution in [2.24, 2.45) is 0 Å². The largest absolute Gasteiger partial charge is 0.466 e. The van der Waals surface area contributed by atoms with E-state index in [0.717, 1.165) is 32.3 Å². The lowest BCUT2D eigenvalue weighted by Crippen LogP contribution is -2.44. The molecule has 1 amide bonds. The fourth-order valence-electron chi connectivity index (χ4n) is 6.58. The molecule has 0 aromatic heterocycles. The molecule has 202 valence electrons. The Morgan fingerprint density at radius 2 is 1.54 bits per heavy atom. The Bertz CT molecular complexity index is 1960. The van der Waals surface area contributed by atoms with Gasteiger partial charge in [-0.25, -0.2) is 9.59 Å². The maximum atomic E-state index is 14.3. The maximum Gasteiger partial charge on any atom is 0.338 e. The summed E-state index contributed by atoms with van der Waals surface area (Å²) in [6.45, 7) is 3.98. The van der Waals surface area contributed by atoms with Crippen molar-refractivity contribution < 1.29 is 28.6 Å². The molecule has 5 aromatic carbocycles. The molecule has 1 spiro atoms. The van der Waals surface area contributed by atoms with E-state index >= 15 is 0 Å². The molecule has 0 aliphatic carbocycles. The van der Waals surface area contributed by atoms with Crippen LogP contribution in [0.1, 0.15) is 17.2 Å². The minimum Gasteiger partial charge on any atom is -0.466 e. The first-order valence-corrected chi connectivity index (χ1v) is 13.2. The van der Waals surface area contributed by atoms with Gasteiger partial charge in [-0.1, -0.05) is 78.9 Å². The van der Waals surface area contributed by atoms with Gasteiger partial charge in [0.15, 0.2) is 0 Å². The van der Waals surface area contributed by atoms with Crippen LogP contribution in [0.5, 0.6) is 0 Å². The number of anilines is 1. The number of methoxy groups -OCH3 is 2. The summed E-state index contributed by atoms with van der Waals surface area (Å²) in [5.74, 6) is -2.11. The molecule has 7 heteroatoms. The number of hydrogen-bond donors (Lipinski definition) is 0. The quantitative estimate of drug-likeness (QED) is 0.160. The average molecular weight is 544 g/mol. The zero-order valence-corrected chi connectivity index (χ0v) is 22.5. The normalized spacial score (nSPS) is 20.0. The highest BCUT2D eigenvalue weighted by molar-refractivity contribution is 6.24. The van der Waals surface area contributed by atoms with Crippen LogP contribution in [0.4, 0.5) is 5.69 Å². The minimum atomic E-state index is -1.91. The number of amides is 1. The zero-order chi connectivity index (χ0) is 28.5. The van der Waals surface area contributed by atoms with Gasteiger partial charge in [-0.3, -0.25) is 4.79 Å². The average Bonchev–Trinajstić information content (AvgIpc) is 3.48. The van der Waals surface area contributed by atoms with Crippen molar-refractivity contribution in [1.82, 2.24) is 0 Å². The highest BCUT2D eigenvalue weighted by Crippen LogP contribution is 2.57. The smallest absolute Gasteiger partial charge is 0.338 e. The Labute approximate surface area is 235 Å². The van der Waals surface area contributed by atoms with Crippen LogP contribution in [-0.2, 0) is 34.2 Å². The Morgan fingerprint density at radius 1 is 0.878 bits per heavy atom. The monoisotopic (exact) mass is 543 g/mol.